The van der Waals surface area contributed by atoms with Gasteiger partial charge in [0.1, 0.15) is 0 Å². The Labute approximate surface area is 192 Å². The maximum Gasteiger partial charge on any atom is 0.225 e. The number of anilines is 1. The highest BCUT2D eigenvalue weighted by molar-refractivity contribution is 9.10. The Balaban J connectivity index is 1.20. The molecule has 1 aromatic heterocycles. The lowest BCUT2D eigenvalue weighted by atomic mass is 10.1. The van der Waals surface area contributed by atoms with E-state index in [1.165, 1.54) is 12.1 Å². The second-order valence-corrected chi connectivity index (χ2v) is 9.70. The molecule has 1 saturated heterocycles. The number of hydrogen-bond donors (Lipinski definition) is 0. The molecule has 2 heterocycles. The van der Waals surface area contributed by atoms with Crippen LogP contribution in [0.4, 0.5) is 14.7 Å². The van der Waals surface area contributed by atoms with E-state index in [2.05, 4.69) is 30.8 Å². The molecule has 2 unspecified atom stereocenters. The molecule has 8 heteroatoms. The van der Waals surface area contributed by atoms with Crippen molar-refractivity contribution in [1.82, 2.24) is 9.97 Å². The average molecular weight is 504 g/mol. The monoisotopic (exact) mass is 503 g/mol. The second kappa shape index (κ2) is 8.39. The number of thioether (sulfide) groups is 1. The summed E-state index contributed by atoms with van der Waals surface area (Å²) in [6.45, 7) is 2.01. The van der Waals surface area contributed by atoms with Crippen LogP contribution in [-0.4, -0.2) is 35.9 Å². The minimum Gasteiger partial charge on any atom is -0.487 e. The Morgan fingerprint density at radius 1 is 1.03 bits per heavy atom. The average Bonchev–Trinajstić information content (AvgIpc) is 3.22. The lowest BCUT2D eigenvalue weighted by Crippen LogP contribution is -2.27. The number of halogens is 3. The molecule has 3 aromatic rings. The Bertz CT molecular complexity index is 1060. The van der Waals surface area contributed by atoms with Gasteiger partial charge >= 0.3 is 0 Å². The van der Waals surface area contributed by atoms with E-state index < -0.39 is 11.6 Å². The minimum absolute atomic E-state index is 0.289. The zero-order chi connectivity index (χ0) is 21.5. The van der Waals surface area contributed by atoms with E-state index in [9.17, 15) is 8.78 Å². The third-order valence-corrected chi connectivity index (χ3v) is 7.26. The molecular weight excluding hydrogens is 484 g/mol. The van der Waals surface area contributed by atoms with Crippen molar-refractivity contribution in [3.8, 4) is 16.9 Å². The lowest BCUT2D eigenvalue weighted by Gasteiger charge is -2.19. The van der Waals surface area contributed by atoms with E-state index in [4.69, 9.17) is 4.74 Å². The van der Waals surface area contributed by atoms with Gasteiger partial charge in [0.25, 0.3) is 0 Å². The summed E-state index contributed by atoms with van der Waals surface area (Å²) in [7, 11) is 0. The van der Waals surface area contributed by atoms with E-state index >= 15 is 0 Å². The molecule has 2 aromatic carbocycles. The van der Waals surface area contributed by atoms with Crippen molar-refractivity contribution >= 4 is 33.6 Å². The molecule has 2 aliphatic rings. The van der Waals surface area contributed by atoms with Gasteiger partial charge in [-0.1, -0.05) is 12.1 Å². The summed E-state index contributed by atoms with van der Waals surface area (Å²) in [5, 5.41) is 0. The van der Waals surface area contributed by atoms with Gasteiger partial charge in [0.15, 0.2) is 17.4 Å². The molecule has 1 aliphatic heterocycles. The summed E-state index contributed by atoms with van der Waals surface area (Å²) in [5.41, 5.74) is 1.28. The van der Waals surface area contributed by atoms with Gasteiger partial charge in [0.05, 0.1) is 11.1 Å². The number of aromatic nitrogens is 2. The fourth-order valence-corrected chi connectivity index (χ4v) is 4.97. The maximum atomic E-state index is 14.6. The first-order valence-corrected chi connectivity index (χ1v) is 12.0. The lowest BCUT2D eigenvalue weighted by molar-refractivity contribution is 0.257. The molecule has 0 bridgehead atoms. The maximum absolute atomic E-state index is 14.6. The first-order valence-electron chi connectivity index (χ1n) is 10.0. The predicted octanol–water partition coefficient (Wildman–Crippen LogP) is 5.67. The van der Waals surface area contributed by atoms with Gasteiger partial charge in [-0.15, -0.1) is 11.8 Å². The van der Waals surface area contributed by atoms with E-state index in [0.29, 0.717) is 35.9 Å². The highest BCUT2D eigenvalue weighted by atomic mass is 79.9. The Hall–Kier alpha value is -2.19. The van der Waals surface area contributed by atoms with E-state index in [-0.39, 0.29) is 5.75 Å². The van der Waals surface area contributed by atoms with Crippen LogP contribution in [0.2, 0.25) is 0 Å². The molecule has 5 rings (SSSR count). The summed E-state index contributed by atoms with van der Waals surface area (Å²) >= 11 is 4.96. The minimum atomic E-state index is -0.667. The van der Waals surface area contributed by atoms with Crippen molar-refractivity contribution in [3.05, 3.63) is 64.9 Å². The predicted molar refractivity (Wildman–Crippen MR) is 121 cm³/mol. The van der Waals surface area contributed by atoms with E-state index in [1.807, 2.05) is 30.5 Å². The van der Waals surface area contributed by atoms with E-state index in [1.54, 1.807) is 24.2 Å². The first-order chi connectivity index (χ1) is 15.0. The highest BCUT2D eigenvalue weighted by Crippen LogP contribution is 2.52. The Morgan fingerprint density at radius 3 is 2.23 bits per heavy atom. The van der Waals surface area contributed by atoms with Crippen LogP contribution < -0.4 is 9.64 Å². The molecule has 160 valence electrons. The smallest absolute Gasteiger partial charge is 0.225 e. The molecule has 0 N–H and O–H groups in total. The van der Waals surface area contributed by atoms with Crippen molar-refractivity contribution < 1.29 is 13.5 Å². The molecule has 0 radical (unpaired) electrons. The quantitative estimate of drug-likeness (QED) is 0.405. The van der Waals surface area contributed by atoms with Crippen LogP contribution in [-0.2, 0) is 0 Å². The molecule has 4 nitrogen and oxygen atoms in total. The van der Waals surface area contributed by atoms with Gasteiger partial charge in [-0.25, -0.2) is 18.7 Å². The van der Waals surface area contributed by atoms with Crippen LogP contribution >= 0.6 is 27.7 Å². The van der Waals surface area contributed by atoms with E-state index in [0.717, 1.165) is 28.0 Å². The summed E-state index contributed by atoms with van der Waals surface area (Å²) in [5.74, 6) is 0.305. The van der Waals surface area contributed by atoms with Crippen molar-refractivity contribution in [2.45, 2.75) is 4.90 Å². The standard InChI is InChI=1S/C23H20BrF2N3OS/c1-31-16-4-2-13(3-5-16)14-6-20(25)22(21(26)7-14)30-12-19-17-10-29(11-18(17)19)23-27-8-15(24)9-28-23/h2-9,17-19H,10-12H2,1H3. The summed E-state index contributed by atoms with van der Waals surface area (Å²) in [4.78, 5) is 11.9. The van der Waals surface area contributed by atoms with Crippen LogP contribution in [0.15, 0.2) is 58.2 Å². The molecule has 1 saturated carbocycles. The largest absolute Gasteiger partial charge is 0.487 e. The number of ether oxygens (including phenoxy) is 1. The van der Waals surface area contributed by atoms with Crippen LogP contribution in [0.25, 0.3) is 11.1 Å². The molecule has 2 atom stereocenters. The topological polar surface area (TPSA) is 38.2 Å². The molecule has 31 heavy (non-hydrogen) atoms. The fraction of sp³-hybridized carbons (Fsp3) is 0.304. The second-order valence-electron chi connectivity index (χ2n) is 7.91. The number of piperidine rings is 1. The third kappa shape index (κ3) is 4.15. The van der Waals surface area contributed by atoms with Crippen LogP contribution in [0.1, 0.15) is 0 Å². The van der Waals surface area contributed by atoms with Crippen LogP contribution in [0.3, 0.4) is 0 Å². The van der Waals surface area contributed by atoms with Crippen molar-refractivity contribution in [3.63, 3.8) is 0 Å². The normalized spacial score (nSPS) is 21.8. The van der Waals surface area contributed by atoms with Gasteiger partial charge in [0, 0.05) is 36.3 Å². The van der Waals surface area contributed by atoms with Gasteiger partial charge in [-0.2, -0.15) is 0 Å². The van der Waals surface area contributed by atoms with Gasteiger partial charge in [-0.3, -0.25) is 0 Å². The summed E-state index contributed by atoms with van der Waals surface area (Å²) < 4.78 is 35.7. The summed E-state index contributed by atoms with van der Waals surface area (Å²) in [6.07, 6.45) is 5.46. The molecule has 0 spiro atoms. The molecule has 1 aliphatic carbocycles. The van der Waals surface area contributed by atoms with Gasteiger partial charge < -0.3 is 9.64 Å². The summed E-state index contributed by atoms with van der Waals surface area (Å²) in [6, 6.07) is 10.3. The number of fused-ring (bicyclic) bond motifs is 1. The van der Waals surface area contributed by atoms with Crippen molar-refractivity contribution in [2.24, 2.45) is 17.8 Å². The zero-order valence-electron chi connectivity index (χ0n) is 16.8. The number of nitrogens with zero attached hydrogens (tertiary/aromatic N) is 3. The van der Waals surface area contributed by atoms with Crippen molar-refractivity contribution in [2.75, 3.05) is 30.9 Å². The zero-order valence-corrected chi connectivity index (χ0v) is 19.2. The fourth-order valence-electron chi connectivity index (χ4n) is 4.36. The van der Waals surface area contributed by atoms with Crippen LogP contribution in [0, 0.1) is 29.4 Å². The Kier molecular flexibility index (Phi) is 5.60. The van der Waals surface area contributed by atoms with Gasteiger partial charge in [-0.05, 0) is 69.4 Å². The van der Waals surface area contributed by atoms with Crippen molar-refractivity contribution in [1.29, 1.82) is 0 Å². The SMILES string of the molecule is CSc1ccc(-c2cc(F)c(OCC3C4CN(c5ncc(Br)cn5)CC34)c(F)c2)cc1. The molecular formula is C23H20BrF2N3OS. The Morgan fingerprint density at radius 2 is 1.65 bits per heavy atom. The number of rotatable bonds is 6. The van der Waals surface area contributed by atoms with Gasteiger partial charge in [0.2, 0.25) is 5.95 Å². The number of benzene rings is 2. The number of hydrogen-bond acceptors (Lipinski definition) is 5. The molecule has 0 amide bonds. The first kappa shape index (κ1) is 20.7. The highest BCUT2D eigenvalue weighted by Gasteiger charge is 2.56. The van der Waals surface area contributed by atoms with Crippen LogP contribution in [0.5, 0.6) is 5.75 Å². The third-order valence-electron chi connectivity index (χ3n) is 6.10. The molecule has 2 fully saturated rings.